The molecule has 1 aliphatic carbocycles. The number of benzene rings is 2. The van der Waals surface area contributed by atoms with E-state index in [0.717, 1.165) is 35.5 Å². The topological polar surface area (TPSA) is 85.8 Å². The molecule has 0 unspecified atom stereocenters. The fourth-order valence-electron chi connectivity index (χ4n) is 2.46. The maximum atomic E-state index is 11.8. The zero-order chi connectivity index (χ0) is 16.5. The molecule has 1 amide bonds. The maximum Gasteiger partial charge on any atom is 0.227 e. The van der Waals surface area contributed by atoms with E-state index < -0.39 is 0 Å². The SMILES string of the molecule is Nc1ccc(-n2cc(-c3ccc(NC(=O)C4CC4)cc3)nn2)cc1. The quantitative estimate of drug-likeness (QED) is 0.724. The third-order valence-corrected chi connectivity index (χ3v) is 4.05. The molecule has 1 heterocycles. The predicted molar refractivity (Wildman–Crippen MR) is 92.6 cm³/mol. The summed E-state index contributed by atoms with van der Waals surface area (Å²) in [7, 11) is 0. The van der Waals surface area contributed by atoms with E-state index in [4.69, 9.17) is 5.73 Å². The molecule has 4 rings (SSSR count). The highest BCUT2D eigenvalue weighted by atomic mass is 16.2. The molecule has 0 spiro atoms. The Morgan fingerprint density at radius 3 is 2.46 bits per heavy atom. The van der Waals surface area contributed by atoms with Crippen molar-refractivity contribution in [1.82, 2.24) is 15.0 Å². The minimum atomic E-state index is 0.108. The second-order valence-corrected chi connectivity index (χ2v) is 5.98. The first-order valence-corrected chi connectivity index (χ1v) is 7.88. The van der Waals surface area contributed by atoms with E-state index in [0.29, 0.717) is 5.69 Å². The summed E-state index contributed by atoms with van der Waals surface area (Å²) in [5.74, 6) is 0.307. The zero-order valence-corrected chi connectivity index (χ0v) is 13.0. The minimum absolute atomic E-state index is 0.108. The number of nitrogens with zero attached hydrogens (tertiary/aromatic N) is 3. The lowest BCUT2D eigenvalue weighted by Crippen LogP contribution is -2.12. The highest BCUT2D eigenvalue weighted by Crippen LogP contribution is 2.30. The summed E-state index contributed by atoms with van der Waals surface area (Å²) in [5.41, 5.74) is 9.83. The third kappa shape index (κ3) is 2.99. The Balaban J connectivity index is 1.51. The van der Waals surface area contributed by atoms with Gasteiger partial charge in [-0.1, -0.05) is 17.3 Å². The van der Waals surface area contributed by atoms with Crippen LogP contribution in [0, 0.1) is 5.92 Å². The van der Waals surface area contributed by atoms with Crippen LogP contribution in [0.4, 0.5) is 11.4 Å². The fraction of sp³-hybridized carbons (Fsp3) is 0.167. The molecule has 6 heteroatoms. The van der Waals surface area contributed by atoms with Gasteiger partial charge in [0, 0.05) is 22.9 Å². The van der Waals surface area contributed by atoms with Crippen molar-refractivity contribution < 1.29 is 4.79 Å². The Bertz CT molecular complexity index is 863. The number of aromatic nitrogens is 3. The van der Waals surface area contributed by atoms with Crippen molar-refractivity contribution in [2.24, 2.45) is 5.92 Å². The molecule has 0 saturated heterocycles. The van der Waals surface area contributed by atoms with Crippen molar-refractivity contribution in [2.45, 2.75) is 12.8 Å². The van der Waals surface area contributed by atoms with Crippen molar-refractivity contribution in [1.29, 1.82) is 0 Å². The van der Waals surface area contributed by atoms with Gasteiger partial charge in [0.2, 0.25) is 5.91 Å². The Hall–Kier alpha value is -3.15. The second kappa shape index (κ2) is 5.81. The van der Waals surface area contributed by atoms with Gasteiger partial charge in [-0.25, -0.2) is 4.68 Å². The predicted octanol–water partition coefficient (Wildman–Crippen LogP) is 2.87. The molecular formula is C18H17N5O. The number of nitrogens with one attached hydrogen (secondary N) is 1. The van der Waals surface area contributed by atoms with Gasteiger partial charge in [-0.2, -0.15) is 0 Å². The Kier molecular flexibility index (Phi) is 3.49. The number of carbonyl (C=O) groups excluding carboxylic acids is 1. The largest absolute Gasteiger partial charge is 0.399 e. The van der Waals surface area contributed by atoms with Gasteiger partial charge in [0.05, 0.1) is 11.9 Å². The molecule has 1 fully saturated rings. The van der Waals surface area contributed by atoms with E-state index in [1.54, 1.807) is 4.68 Å². The van der Waals surface area contributed by atoms with E-state index in [2.05, 4.69) is 15.6 Å². The van der Waals surface area contributed by atoms with E-state index in [1.165, 1.54) is 0 Å². The number of carbonyl (C=O) groups is 1. The summed E-state index contributed by atoms with van der Waals surface area (Å²) in [6.07, 6.45) is 3.86. The van der Waals surface area contributed by atoms with Gasteiger partial charge in [0.15, 0.2) is 0 Å². The van der Waals surface area contributed by atoms with E-state index in [-0.39, 0.29) is 11.8 Å². The first kappa shape index (κ1) is 14.4. The highest BCUT2D eigenvalue weighted by molar-refractivity contribution is 5.94. The third-order valence-electron chi connectivity index (χ3n) is 4.05. The number of rotatable bonds is 4. The Morgan fingerprint density at radius 1 is 1.08 bits per heavy atom. The molecule has 120 valence electrons. The van der Waals surface area contributed by atoms with Crippen LogP contribution in [0.2, 0.25) is 0 Å². The van der Waals surface area contributed by atoms with E-state index >= 15 is 0 Å². The summed E-state index contributed by atoms with van der Waals surface area (Å²) in [5, 5.41) is 11.3. The second-order valence-electron chi connectivity index (χ2n) is 5.98. The first-order valence-electron chi connectivity index (χ1n) is 7.88. The van der Waals surface area contributed by atoms with Crippen molar-refractivity contribution in [3.8, 4) is 16.9 Å². The van der Waals surface area contributed by atoms with Gasteiger partial charge in [0.1, 0.15) is 5.69 Å². The van der Waals surface area contributed by atoms with Crippen LogP contribution in [-0.4, -0.2) is 20.9 Å². The number of nitrogens with two attached hydrogens (primary N) is 1. The van der Waals surface area contributed by atoms with Crippen molar-refractivity contribution in [3.05, 3.63) is 54.7 Å². The van der Waals surface area contributed by atoms with Crippen LogP contribution in [-0.2, 0) is 4.79 Å². The molecule has 0 radical (unpaired) electrons. The molecule has 24 heavy (non-hydrogen) atoms. The molecule has 2 aromatic carbocycles. The molecule has 6 nitrogen and oxygen atoms in total. The molecule has 3 N–H and O–H groups in total. The Morgan fingerprint density at radius 2 is 1.79 bits per heavy atom. The maximum absolute atomic E-state index is 11.8. The van der Waals surface area contributed by atoms with Crippen LogP contribution in [0.25, 0.3) is 16.9 Å². The van der Waals surface area contributed by atoms with Gasteiger partial charge in [-0.3, -0.25) is 4.79 Å². The van der Waals surface area contributed by atoms with E-state index in [1.807, 2.05) is 54.7 Å². The standard InChI is InChI=1S/C18H17N5O/c19-14-5-9-16(10-6-14)23-11-17(21-22-23)12-3-7-15(8-4-12)20-18(24)13-1-2-13/h3-11,13H,1-2,19H2,(H,20,24). The Labute approximate surface area is 139 Å². The summed E-state index contributed by atoms with van der Waals surface area (Å²) >= 11 is 0. The lowest BCUT2D eigenvalue weighted by Gasteiger charge is -2.04. The molecule has 1 aliphatic rings. The molecule has 0 aliphatic heterocycles. The normalized spacial score (nSPS) is 13.7. The van der Waals surface area contributed by atoms with Crippen molar-refractivity contribution in [3.63, 3.8) is 0 Å². The molecular weight excluding hydrogens is 302 g/mol. The molecule has 0 bridgehead atoms. The summed E-state index contributed by atoms with van der Waals surface area (Å²) in [4.78, 5) is 11.8. The number of amides is 1. The molecule has 3 aromatic rings. The van der Waals surface area contributed by atoms with Crippen LogP contribution in [0.3, 0.4) is 0 Å². The monoisotopic (exact) mass is 319 g/mol. The van der Waals surface area contributed by atoms with Gasteiger partial charge >= 0.3 is 0 Å². The number of anilines is 2. The lowest BCUT2D eigenvalue weighted by atomic mass is 10.1. The number of hydrogen-bond acceptors (Lipinski definition) is 4. The van der Waals surface area contributed by atoms with Gasteiger partial charge in [0.25, 0.3) is 0 Å². The average molecular weight is 319 g/mol. The minimum Gasteiger partial charge on any atom is -0.399 e. The van der Waals surface area contributed by atoms with Crippen LogP contribution >= 0.6 is 0 Å². The van der Waals surface area contributed by atoms with Crippen LogP contribution in [0.1, 0.15) is 12.8 Å². The van der Waals surface area contributed by atoms with Crippen molar-refractivity contribution >= 4 is 17.3 Å². The smallest absolute Gasteiger partial charge is 0.227 e. The highest BCUT2D eigenvalue weighted by Gasteiger charge is 2.29. The molecule has 1 aromatic heterocycles. The molecule has 0 atom stereocenters. The van der Waals surface area contributed by atoms with Gasteiger partial charge in [-0.15, -0.1) is 5.10 Å². The van der Waals surface area contributed by atoms with Crippen molar-refractivity contribution in [2.75, 3.05) is 11.1 Å². The first-order chi connectivity index (χ1) is 11.7. The summed E-state index contributed by atoms with van der Waals surface area (Å²) < 4.78 is 1.71. The van der Waals surface area contributed by atoms with Gasteiger partial charge < -0.3 is 11.1 Å². The van der Waals surface area contributed by atoms with Crippen LogP contribution in [0.5, 0.6) is 0 Å². The lowest BCUT2D eigenvalue weighted by molar-refractivity contribution is -0.117. The van der Waals surface area contributed by atoms with E-state index in [9.17, 15) is 4.79 Å². The summed E-state index contributed by atoms with van der Waals surface area (Å²) in [6, 6.07) is 15.1. The number of nitrogen functional groups attached to an aromatic ring is 1. The summed E-state index contributed by atoms with van der Waals surface area (Å²) in [6.45, 7) is 0. The number of hydrogen-bond donors (Lipinski definition) is 2. The van der Waals surface area contributed by atoms with Gasteiger partial charge in [-0.05, 0) is 49.2 Å². The molecule has 1 saturated carbocycles. The fourth-order valence-corrected chi connectivity index (χ4v) is 2.46. The van der Waals surface area contributed by atoms with Crippen LogP contribution in [0.15, 0.2) is 54.7 Å². The van der Waals surface area contributed by atoms with Crippen LogP contribution < -0.4 is 11.1 Å². The zero-order valence-electron chi connectivity index (χ0n) is 13.0. The average Bonchev–Trinajstić information content (AvgIpc) is 3.34.